The Labute approximate surface area is 118 Å². The van der Waals surface area contributed by atoms with Crippen LogP contribution >= 0.6 is 0 Å². The van der Waals surface area contributed by atoms with Crippen LogP contribution in [0, 0.1) is 6.92 Å². The van der Waals surface area contributed by atoms with Gasteiger partial charge in [-0.05, 0) is 55.0 Å². The maximum Gasteiger partial charge on any atom is 0.114 e. The number of fused-ring (bicyclic) bond motifs is 2. The van der Waals surface area contributed by atoms with Gasteiger partial charge >= 0.3 is 0 Å². The first-order valence-electron chi connectivity index (χ1n) is 7.35. The first kappa shape index (κ1) is 11.7. The van der Waals surface area contributed by atoms with Crippen LogP contribution in [0.2, 0.25) is 0 Å². The Hall–Kier alpha value is -2.09. The number of aryl methyl sites for hydroxylation is 2. The molecule has 1 aliphatic rings. The van der Waals surface area contributed by atoms with Crippen molar-refractivity contribution in [3.63, 3.8) is 0 Å². The van der Waals surface area contributed by atoms with Crippen LogP contribution in [0.3, 0.4) is 0 Å². The highest BCUT2D eigenvalue weighted by atomic mass is 14.9. The molecule has 2 aromatic carbocycles. The van der Waals surface area contributed by atoms with Gasteiger partial charge in [-0.1, -0.05) is 30.3 Å². The molecular weight excluding hydrogens is 244 g/mol. The average Bonchev–Trinajstić information content (AvgIpc) is 2.89. The minimum absolute atomic E-state index is 0.424. The molecule has 0 saturated heterocycles. The van der Waals surface area contributed by atoms with E-state index in [2.05, 4.69) is 54.4 Å². The molecule has 1 heterocycles. The van der Waals surface area contributed by atoms with Crippen LogP contribution in [-0.2, 0) is 6.42 Å². The zero-order valence-corrected chi connectivity index (χ0v) is 11.7. The highest BCUT2D eigenvalue weighted by molar-refractivity contribution is 5.76. The largest absolute Gasteiger partial charge is 0.341 e. The smallest absolute Gasteiger partial charge is 0.114 e. The van der Waals surface area contributed by atoms with Crippen LogP contribution in [0.1, 0.15) is 41.3 Å². The highest BCUT2D eigenvalue weighted by Crippen LogP contribution is 2.35. The Morgan fingerprint density at radius 2 is 2.05 bits per heavy atom. The van der Waals surface area contributed by atoms with Crippen molar-refractivity contribution >= 4 is 11.0 Å². The predicted molar refractivity (Wildman–Crippen MR) is 82.1 cm³/mol. The quantitative estimate of drug-likeness (QED) is 0.694. The van der Waals surface area contributed by atoms with Gasteiger partial charge in [-0.3, -0.25) is 0 Å². The summed E-state index contributed by atoms with van der Waals surface area (Å²) < 4.78 is 0. The van der Waals surface area contributed by atoms with Gasteiger partial charge in [0.25, 0.3) is 0 Å². The second-order valence-corrected chi connectivity index (χ2v) is 5.79. The Morgan fingerprint density at radius 3 is 3.00 bits per heavy atom. The molecule has 1 atom stereocenters. The van der Waals surface area contributed by atoms with Gasteiger partial charge in [0.05, 0.1) is 11.0 Å². The molecule has 4 rings (SSSR count). The molecule has 2 nitrogen and oxygen atoms in total. The van der Waals surface area contributed by atoms with Crippen LogP contribution in [-0.4, -0.2) is 9.97 Å². The molecule has 0 fully saturated rings. The summed E-state index contributed by atoms with van der Waals surface area (Å²) >= 11 is 0. The topological polar surface area (TPSA) is 28.7 Å². The van der Waals surface area contributed by atoms with Crippen molar-refractivity contribution in [2.45, 2.75) is 32.1 Å². The van der Waals surface area contributed by atoms with E-state index in [1.165, 1.54) is 36.0 Å². The summed E-state index contributed by atoms with van der Waals surface area (Å²) in [6, 6.07) is 15.2. The maximum absolute atomic E-state index is 4.82. The number of nitrogens with one attached hydrogen (secondary N) is 1. The van der Waals surface area contributed by atoms with Gasteiger partial charge in [-0.25, -0.2) is 4.98 Å². The molecule has 0 radical (unpaired) electrons. The molecule has 3 aromatic rings. The van der Waals surface area contributed by atoms with Gasteiger partial charge < -0.3 is 4.98 Å². The van der Waals surface area contributed by atoms with Gasteiger partial charge in [-0.2, -0.15) is 0 Å². The number of benzene rings is 2. The van der Waals surface area contributed by atoms with Crippen molar-refractivity contribution in [1.29, 1.82) is 0 Å². The summed E-state index contributed by atoms with van der Waals surface area (Å²) in [5.41, 5.74) is 6.45. The highest BCUT2D eigenvalue weighted by Gasteiger charge is 2.23. The van der Waals surface area contributed by atoms with Crippen LogP contribution in [0.15, 0.2) is 42.5 Å². The number of H-pyrrole nitrogens is 1. The lowest BCUT2D eigenvalue weighted by molar-refractivity contribution is 0.596. The lowest BCUT2D eigenvalue weighted by Crippen LogP contribution is -2.12. The van der Waals surface area contributed by atoms with Crippen molar-refractivity contribution in [3.8, 4) is 0 Å². The van der Waals surface area contributed by atoms with E-state index in [4.69, 9.17) is 4.98 Å². The summed E-state index contributed by atoms with van der Waals surface area (Å²) in [5, 5.41) is 0. The van der Waals surface area contributed by atoms with E-state index >= 15 is 0 Å². The molecule has 0 bridgehead atoms. The van der Waals surface area contributed by atoms with Crippen molar-refractivity contribution in [2.75, 3.05) is 0 Å². The molecule has 0 spiro atoms. The molecule has 0 saturated carbocycles. The van der Waals surface area contributed by atoms with Crippen LogP contribution in [0.4, 0.5) is 0 Å². The molecule has 1 aliphatic carbocycles. The number of nitrogens with zero attached hydrogens (tertiary/aromatic N) is 1. The Kier molecular flexibility index (Phi) is 2.62. The Balaban J connectivity index is 1.84. The van der Waals surface area contributed by atoms with Crippen molar-refractivity contribution in [2.24, 2.45) is 0 Å². The van der Waals surface area contributed by atoms with Crippen molar-refractivity contribution < 1.29 is 0 Å². The molecule has 2 heteroatoms. The average molecular weight is 262 g/mol. The number of aromatic nitrogens is 2. The number of hydrogen-bond acceptors (Lipinski definition) is 1. The Morgan fingerprint density at radius 1 is 1.15 bits per heavy atom. The lowest BCUT2D eigenvalue weighted by atomic mass is 9.82. The molecule has 1 aromatic heterocycles. The van der Waals surface area contributed by atoms with Crippen LogP contribution in [0.25, 0.3) is 11.0 Å². The molecule has 0 amide bonds. The number of rotatable bonds is 1. The summed E-state index contributed by atoms with van der Waals surface area (Å²) in [6.07, 6.45) is 3.64. The minimum atomic E-state index is 0.424. The number of hydrogen-bond donors (Lipinski definition) is 1. The Bertz CT molecular complexity index is 770. The van der Waals surface area contributed by atoms with E-state index in [1.54, 1.807) is 0 Å². The zero-order valence-electron chi connectivity index (χ0n) is 11.7. The number of imidazole rings is 1. The first-order chi connectivity index (χ1) is 9.81. The third kappa shape index (κ3) is 1.83. The second-order valence-electron chi connectivity index (χ2n) is 5.79. The predicted octanol–water partition coefficient (Wildman–Crippen LogP) is 4.34. The standard InChI is InChI=1S/C18H18N2/c1-12-9-10-16-17(11-12)20-18(19-16)15-8-4-6-13-5-2-3-7-14(13)15/h2-3,5,7,9-11,15H,4,6,8H2,1H3,(H,19,20). The van der Waals surface area contributed by atoms with Crippen LogP contribution in [0.5, 0.6) is 0 Å². The fourth-order valence-corrected chi connectivity index (χ4v) is 3.35. The van der Waals surface area contributed by atoms with E-state index in [1.807, 2.05) is 0 Å². The second kappa shape index (κ2) is 4.48. The van der Waals surface area contributed by atoms with Crippen molar-refractivity contribution in [3.05, 3.63) is 65.0 Å². The fraction of sp³-hybridized carbons (Fsp3) is 0.278. The summed E-state index contributed by atoms with van der Waals surface area (Å²) in [4.78, 5) is 8.36. The fourth-order valence-electron chi connectivity index (χ4n) is 3.35. The zero-order chi connectivity index (χ0) is 13.5. The summed E-state index contributed by atoms with van der Waals surface area (Å²) in [6.45, 7) is 2.12. The van der Waals surface area contributed by atoms with Gasteiger partial charge in [0.15, 0.2) is 0 Å². The normalized spacial score (nSPS) is 18.1. The first-order valence-corrected chi connectivity index (χ1v) is 7.35. The molecule has 0 aliphatic heterocycles. The maximum atomic E-state index is 4.82. The van der Waals surface area contributed by atoms with E-state index in [0.29, 0.717) is 5.92 Å². The SMILES string of the molecule is Cc1ccc2nc(C3CCCc4ccccc43)[nH]c2c1. The van der Waals surface area contributed by atoms with Gasteiger partial charge in [-0.15, -0.1) is 0 Å². The van der Waals surface area contributed by atoms with Gasteiger partial charge in [0, 0.05) is 5.92 Å². The van der Waals surface area contributed by atoms with Crippen LogP contribution < -0.4 is 0 Å². The van der Waals surface area contributed by atoms with Crippen molar-refractivity contribution in [1.82, 2.24) is 9.97 Å². The lowest BCUT2D eigenvalue weighted by Gasteiger charge is -2.23. The summed E-state index contributed by atoms with van der Waals surface area (Å²) in [5.74, 6) is 1.55. The monoisotopic (exact) mass is 262 g/mol. The molecule has 100 valence electrons. The molecule has 1 N–H and O–H groups in total. The minimum Gasteiger partial charge on any atom is -0.341 e. The van der Waals surface area contributed by atoms with E-state index in [-0.39, 0.29) is 0 Å². The molecular formula is C18H18N2. The third-order valence-electron chi connectivity index (χ3n) is 4.36. The van der Waals surface area contributed by atoms with E-state index in [9.17, 15) is 0 Å². The summed E-state index contributed by atoms with van der Waals surface area (Å²) in [7, 11) is 0. The third-order valence-corrected chi connectivity index (χ3v) is 4.36. The number of aromatic amines is 1. The van der Waals surface area contributed by atoms with Gasteiger partial charge in [0.2, 0.25) is 0 Å². The molecule has 1 unspecified atom stereocenters. The van der Waals surface area contributed by atoms with E-state index in [0.717, 1.165) is 16.9 Å². The van der Waals surface area contributed by atoms with Gasteiger partial charge in [0.1, 0.15) is 5.82 Å². The molecule has 20 heavy (non-hydrogen) atoms. The van der Waals surface area contributed by atoms with E-state index < -0.39 is 0 Å².